The van der Waals surface area contributed by atoms with E-state index < -0.39 is 0 Å². The van der Waals surface area contributed by atoms with E-state index in [-0.39, 0.29) is 0 Å². The second-order valence-electron chi connectivity index (χ2n) is 4.51. The zero-order chi connectivity index (χ0) is 13.8. The quantitative estimate of drug-likeness (QED) is 0.661. The normalized spacial score (nSPS) is 10.5. The van der Waals surface area contributed by atoms with Gasteiger partial charge in [-0.15, -0.1) is 0 Å². The number of ether oxygens (including phenoxy) is 1. The number of hydrogen-bond acceptors (Lipinski definition) is 1. The Kier molecular flexibility index (Phi) is 5.06. The molecule has 2 rings (SSSR count). The van der Waals surface area contributed by atoms with E-state index in [1.54, 1.807) is 0 Å². The maximum Gasteiger partial charge on any atom is 0.137 e. The Bertz CT molecular complexity index is 579. The first-order valence-electron chi connectivity index (χ1n) is 6.26. The van der Waals surface area contributed by atoms with Gasteiger partial charge in [0.25, 0.3) is 0 Å². The van der Waals surface area contributed by atoms with E-state index in [1.807, 2.05) is 12.1 Å². The van der Waals surface area contributed by atoms with Crippen molar-refractivity contribution in [1.29, 1.82) is 0 Å². The molecule has 0 spiro atoms. The van der Waals surface area contributed by atoms with Gasteiger partial charge in [0.1, 0.15) is 12.4 Å². The number of benzene rings is 2. The van der Waals surface area contributed by atoms with Crippen molar-refractivity contribution in [2.45, 2.75) is 26.9 Å². The van der Waals surface area contributed by atoms with Crippen LogP contribution in [0.15, 0.2) is 45.3 Å². The molecule has 19 heavy (non-hydrogen) atoms. The largest absolute Gasteiger partial charge is 0.487 e. The summed E-state index contributed by atoms with van der Waals surface area (Å²) in [6, 6.07) is 12.5. The molecule has 0 heterocycles. The average Bonchev–Trinajstić information content (AvgIpc) is 2.37. The first-order chi connectivity index (χ1) is 9.10. The molecule has 0 aliphatic heterocycles. The second kappa shape index (κ2) is 6.58. The summed E-state index contributed by atoms with van der Waals surface area (Å²) in [5.74, 6) is 0.952. The third-order valence-corrected chi connectivity index (χ3v) is 4.00. The predicted molar refractivity (Wildman–Crippen MR) is 86.7 cm³/mol. The van der Waals surface area contributed by atoms with Gasteiger partial charge in [-0.2, -0.15) is 0 Å². The Morgan fingerprint density at radius 2 is 1.89 bits per heavy atom. The lowest BCUT2D eigenvalue weighted by molar-refractivity contribution is 0.301. The topological polar surface area (TPSA) is 9.23 Å². The molecule has 0 radical (unpaired) electrons. The van der Waals surface area contributed by atoms with Crippen LogP contribution in [0.4, 0.5) is 0 Å². The van der Waals surface area contributed by atoms with Gasteiger partial charge in [0.2, 0.25) is 0 Å². The number of aryl methyl sites for hydroxylation is 2. The van der Waals surface area contributed by atoms with Gasteiger partial charge < -0.3 is 4.74 Å². The minimum Gasteiger partial charge on any atom is -0.487 e. The van der Waals surface area contributed by atoms with E-state index in [9.17, 15) is 0 Å². The highest BCUT2D eigenvalue weighted by Gasteiger charge is 2.08. The molecule has 0 unspecified atom stereocenters. The Hall–Kier alpha value is -0.800. The highest BCUT2D eigenvalue weighted by Crippen LogP contribution is 2.32. The van der Waals surface area contributed by atoms with Crippen LogP contribution in [0.3, 0.4) is 0 Å². The van der Waals surface area contributed by atoms with Crippen molar-refractivity contribution in [3.8, 4) is 5.75 Å². The fourth-order valence-corrected chi connectivity index (χ4v) is 3.18. The average molecular weight is 384 g/mol. The first-order valence-corrected chi connectivity index (χ1v) is 7.85. The lowest BCUT2D eigenvalue weighted by Gasteiger charge is -2.14. The summed E-state index contributed by atoms with van der Waals surface area (Å²) in [6.07, 6.45) is 0.966. The van der Waals surface area contributed by atoms with Crippen molar-refractivity contribution in [2.75, 3.05) is 0 Å². The highest BCUT2D eigenvalue weighted by atomic mass is 79.9. The monoisotopic (exact) mass is 382 g/mol. The summed E-state index contributed by atoms with van der Waals surface area (Å²) < 4.78 is 8.09. The van der Waals surface area contributed by atoms with Gasteiger partial charge in [-0.1, -0.05) is 41.1 Å². The van der Waals surface area contributed by atoms with Crippen LogP contribution in [-0.4, -0.2) is 0 Å². The molecule has 2 aromatic rings. The van der Waals surface area contributed by atoms with Crippen molar-refractivity contribution in [3.63, 3.8) is 0 Å². The number of halogens is 2. The predicted octanol–water partition coefficient (Wildman–Crippen LogP) is 5.66. The van der Waals surface area contributed by atoms with Crippen molar-refractivity contribution < 1.29 is 4.74 Å². The number of hydrogen-bond donors (Lipinski definition) is 0. The van der Waals surface area contributed by atoms with E-state index in [1.165, 1.54) is 11.1 Å². The summed E-state index contributed by atoms with van der Waals surface area (Å²) in [5, 5.41) is 0. The third-order valence-electron chi connectivity index (χ3n) is 2.92. The third kappa shape index (κ3) is 3.83. The van der Waals surface area contributed by atoms with Crippen LogP contribution in [-0.2, 0) is 13.0 Å². The molecular formula is C16H16Br2O. The molecule has 0 atom stereocenters. The molecule has 0 aromatic heterocycles. The van der Waals surface area contributed by atoms with Crippen LogP contribution >= 0.6 is 31.9 Å². The molecule has 0 fully saturated rings. The molecule has 0 N–H and O–H groups in total. The lowest BCUT2D eigenvalue weighted by atomic mass is 10.1. The fraction of sp³-hybridized carbons (Fsp3) is 0.250. The first kappa shape index (κ1) is 14.6. The van der Waals surface area contributed by atoms with E-state index in [2.05, 4.69) is 70.0 Å². The smallest absolute Gasteiger partial charge is 0.137 e. The van der Waals surface area contributed by atoms with Crippen LogP contribution in [0.5, 0.6) is 5.75 Å². The van der Waals surface area contributed by atoms with Crippen LogP contribution < -0.4 is 4.74 Å². The zero-order valence-electron chi connectivity index (χ0n) is 11.0. The highest BCUT2D eigenvalue weighted by molar-refractivity contribution is 9.10. The minimum absolute atomic E-state index is 0.577. The summed E-state index contributed by atoms with van der Waals surface area (Å²) >= 11 is 7.07. The van der Waals surface area contributed by atoms with E-state index >= 15 is 0 Å². The molecule has 1 nitrogen and oxygen atoms in total. The summed E-state index contributed by atoms with van der Waals surface area (Å²) in [5.41, 5.74) is 3.64. The van der Waals surface area contributed by atoms with Crippen molar-refractivity contribution in [1.82, 2.24) is 0 Å². The Labute approximate surface area is 131 Å². The molecule has 0 saturated heterocycles. The Morgan fingerprint density at radius 1 is 1.11 bits per heavy atom. The summed E-state index contributed by atoms with van der Waals surface area (Å²) in [7, 11) is 0. The van der Waals surface area contributed by atoms with Gasteiger partial charge >= 0.3 is 0 Å². The van der Waals surface area contributed by atoms with Gasteiger partial charge in [-0.25, -0.2) is 0 Å². The zero-order valence-corrected chi connectivity index (χ0v) is 14.2. The Morgan fingerprint density at radius 3 is 2.58 bits per heavy atom. The van der Waals surface area contributed by atoms with Gasteiger partial charge in [0, 0.05) is 4.47 Å². The maximum atomic E-state index is 5.99. The van der Waals surface area contributed by atoms with E-state index in [4.69, 9.17) is 4.74 Å². The van der Waals surface area contributed by atoms with Gasteiger partial charge in [0.05, 0.1) is 4.47 Å². The molecular weight excluding hydrogens is 368 g/mol. The van der Waals surface area contributed by atoms with Crippen LogP contribution in [0.25, 0.3) is 0 Å². The lowest BCUT2D eigenvalue weighted by Crippen LogP contribution is -1.99. The molecule has 0 saturated carbocycles. The summed E-state index contributed by atoms with van der Waals surface area (Å²) in [4.78, 5) is 0. The maximum absolute atomic E-state index is 5.99. The fourth-order valence-electron chi connectivity index (χ4n) is 2.01. The molecule has 100 valence electrons. The van der Waals surface area contributed by atoms with Gasteiger partial charge in [0.15, 0.2) is 0 Å². The van der Waals surface area contributed by atoms with Crippen LogP contribution in [0.2, 0.25) is 0 Å². The van der Waals surface area contributed by atoms with Gasteiger partial charge in [-0.3, -0.25) is 0 Å². The second-order valence-corrected chi connectivity index (χ2v) is 6.28. The van der Waals surface area contributed by atoms with Crippen molar-refractivity contribution in [3.05, 3.63) is 62.0 Å². The Balaban J connectivity index is 2.19. The minimum atomic E-state index is 0.577. The SMILES string of the molecule is CCc1cc(C)cc(Br)c1OCc1cccc(Br)c1. The van der Waals surface area contributed by atoms with E-state index in [0.717, 1.165) is 26.7 Å². The van der Waals surface area contributed by atoms with Crippen molar-refractivity contribution in [2.24, 2.45) is 0 Å². The molecule has 0 amide bonds. The van der Waals surface area contributed by atoms with Crippen LogP contribution in [0, 0.1) is 6.92 Å². The summed E-state index contributed by atoms with van der Waals surface area (Å²) in [6.45, 7) is 4.82. The standard InChI is InChI=1S/C16H16Br2O/c1-3-13-7-11(2)8-15(18)16(13)19-10-12-5-4-6-14(17)9-12/h4-9H,3,10H2,1-2H3. The van der Waals surface area contributed by atoms with Crippen molar-refractivity contribution >= 4 is 31.9 Å². The molecule has 3 heteroatoms. The molecule has 0 bridgehead atoms. The van der Waals surface area contributed by atoms with E-state index in [0.29, 0.717) is 6.61 Å². The van der Waals surface area contributed by atoms with Gasteiger partial charge in [-0.05, 0) is 64.2 Å². The molecule has 0 aliphatic carbocycles. The molecule has 2 aromatic carbocycles. The van der Waals surface area contributed by atoms with Crippen LogP contribution in [0.1, 0.15) is 23.6 Å². The number of rotatable bonds is 4. The molecule has 0 aliphatic rings.